The van der Waals surface area contributed by atoms with Gasteiger partial charge >= 0.3 is 0 Å². The molecule has 1 heterocycles. The maximum absolute atomic E-state index is 10.8. The molecule has 1 aromatic heterocycles. The molecule has 0 fully saturated rings. The molecule has 1 aromatic rings. The average molecular weight is 183 g/mol. The highest BCUT2D eigenvalue weighted by Crippen LogP contribution is 2.16. The summed E-state index contributed by atoms with van der Waals surface area (Å²) in [5.74, 6) is 0.229. The normalized spacial score (nSPS) is 10.2. The van der Waals surface area contributed by atoms with Crippen molar-refractivity contribution in [1.29, 1.82) is 0 Å². The minimum atomic E-state index is 0.229. The van der Waals surface area contributed by atoms with E-state index < -0.39 is 0 Å². The van der Waals surface area contributed by atoms with Crippen LogP contribution in [0.3, 0.4) is 0 Å². The molecule has 2 nitrogen and oxygen atoms in total. The predicted octanol–water partition coefficient (Wildman–Crippen LogP) is 1.60. The largest absolute Gasteiger partial charge is 0.315 e. The second-order valence-corrected chi connectivity index (χ2v) is 4.03. The summed E-state index contributed by atoms with van der Waals surface area (Å²) in [6, 6.07) is 4.10. The first-order chi connectivity index (χ1) is 5.72. The van der Waals surface area contributed by atoms with Crippen LogP contribution in [0, 0.1) is 0 Å². The van der Waals surface area contributed by atoms with E-state index in [9.17, 15) is 4.79 Å². The Morgan fingerprint density at radius 3 is 2.75 bits per heavy atom. The zero-order chi connectivity index (χ0) is 8.97. The van der Waals surface area contributed by atoms with Gasteiger partial charge in [-0.15, -0.1) is 11.3 Å². The van der Waals surface area contributed by atoms with Gasteiger partial charge in [0.1, 0.15) is 5.78 Å². The van der Waals surface area contributed by atoms with Gasteiger partial charge in [-0.1, -0.05) is 0 Å². The van der Waals surface area contributed by atoms with Crippen molar-refractivity contribution in [3.05, 3.63) is 21.9 Å². The zero-order valence-electron chi connectivity index (χ0n) is 7.39. The lowest BCUT2D eigenvalue weighted by molar-refractivity contribution is -0.116. The summed E-state index contributed by atoms with van der Waals surface area (Å²) in [7, 11) is 1.92. The molecule has 3 heteroatoms. The first kappa shape index (κ1) is 9.42. The molecular formula is C9H13NOS. The smallest absolute Gasteiger partial charge is 0.135 e. The van der Waals surface area contributed by atoms with E-state index in [0.717, 1.165) is 11.4 Å². The number of thiophene rings is 1. The van der Waals surface area contributed by atoms with Gasteiger partial charge in [0.15, 0.2) is 0 Å². The van der Waals surface area contributed by atoms with Crippen LogP contribution >= 0.6 is 11.3 Å². The molecule has 0 saturated carbocycles. The Morgan fingerprint density at radius 2 is 2.17 bits per heavy atom. The lowest BCUT2D eigenvalue weighted by Crippen LogP contribution is -2.02. The van der Waals surface area contributed by atoms with Crippen molar-refractivity contribution in [3.63, 3.8) is 0 Å². The molecule has 0 aliphatic heterocycles. The molecule has 1 rings (SSSR count). The Balaban J connectivity index is 2.58. The summed E-state index contributed by atoms with van der Waals surface area (Å²) in [6.07, 6.45) is 0.578. The Bertz CT molecular complexity index is 267. The van der Waals surface area contributed by atoms with Gasteiger partial charge in [0.25, 0.3) is 0 Å². The summed E-state index contributed by atoms with van der Waals surface area (Å²) in [4.78, 5) is 13.2. The van der Waals surface area contributed by atoms with E-state index in [4.69, 9.17) is 0 Å². The maximum Gasteiger partial charge on any atom is 0.135 e. The summed E-state index contributed by atoms with van der Waals surface area (Å²) in [5, 5.41) is 3.08. The van der Waals surface area contributed by atoms with Gasteiger partial charge in [-0.05, 0) is 26.1 Å². The fourth-order valence-corrected chi connectivity index (χ4v) is 2.13. The van der Waals surface area contributed by atoms with E-state index in [2.05, 4.69) is 11.4 Å². The van der Waals surface area contributed by atoms with Gasteiger partial charge in [0, 0.05) is 22.7 Å². The molecule has 0 atom stereocenters. The van der Waals surface area contributed by atoms with Gasteiger partial charge in [-0.2, -0.15) is 0 Å². The summed E-state index contributed by atoms with van der Waals surface area (Å²) < 4.78 is 0. The van der Waals surface area contributed by atoms with Crippen molar-refractivity contribution in [3.8, 4) is 0 Å². The summed E-state index contributed by atoms with van der Waals surface area (Å²) >= 11 is 1.70. The van der Waals surface area contributed by atoms with Gasteiger partial charge in [-0.3, -0.25) is 4.79 Å². The minimum absolute atomic E-state index is 0.229. The average Bonchev–Trinajstić information content (AvgIpc) is 2.36. The van der Waals surface area contributed by atoms with Gasteiger partial charge in [-0.25, -0.2) is 0 Å². The Hall–Kier alpha value is -0.670. The number of hydrogen-bond acceptors (Lipinski definition) is 3. The minimum Gasteiger partial charge on any atom is -0.315 e. The molecule has 0 aliphatic rings. The summed E-state index contributed by atoms with van der Waals surface area (Å²) in [6.45, 7) is 2.51. The van der Waals surface area contributed by atoms with Crippen LogP contribution in [0.15, 0.2) is 12.1 Å². The van der Waals surface area contributed by atoms with E-state index >= 15 is 0 Å². The molecule has 66 valence electrons. The quantitative estimate of drug-likeness (QED) is 0.768. The number of Topliss-reactive ketones (excluding diaryl/α,β-unsaturated/α-hetero) is 1. The van der Waals surface area contributed by atoms with Crippen LogP contribution in [-0.2, 0) is 17.8 Å². The van der Waals surface area contributed by atoms with Crippen molar-refractivity contribution >= 4 is 17.1 Å². The van der Waals surface area contributed by atoms with E-state index in [1.165, 1.54) is 4.88 Å². The highest BCUT2D eigenvalue weighted by Gasteiger charge is 2.01. The maximum atomic E-state index is 10.8. The molecule has 0 saturated heterocycles. The lowest BCUT2D eigenvalue weighted by Gasteiger charge is -1.92. The third-order valence-electron chi connectivity index (χ3n) is 1.49. The molecule has 0 aliphatic carbocycles. The highest BCUT2D eigenvalue weighted by molar-refractivity contribution is 7.12. The van der Waals surface area contributed by atoms with Gasteiger partial charge < -0.3 is 5.32 Å². The first-order valence-electron chi connectivity index (χ1n) is 3.94. The van der Waals surface area contributed by atoms with Crippen LogP contribution < -0.4 is 5.32 Å². The van der Waals surface area contributed by atoms with Crippen LogP contribution in [0.5, 0.6) is 0 Å². The topological polar surface area (TPSA) is 29.1 Å². The molecule has 0 unspecified atom stereocenters. The molecule has 0 spiro atoms. The van der Waals surface area contributed by atoms with E-state index in [0.29, 0.717) is 6.42 Å². The van der Waals surface area contributed by atoms with Crippen LogP contribution in [-0.4, -0.2) is 12.8 Å². The second-order valence-electron chi connectivity index (χ2n) is 2.78. The fourth-order valence-electron chi connectivity index (χ4n) is 1.03. The van der Waals surface area contributed by atoms with Crippen molar-refractivity contribution < 1.29 is 4.79 Å². The molecule has 1 N–H and O–H groups in total. The predicted molar refractivity (Wildman–Crippen MR) is 51.5 cm³/mol. The van der Waals surface area contributed by atoms with E-state index in [1.54, 1.807) is 18.3 Å². The van der Waals surface area contributed by atoms with Crippen molar-refractivity contribution in [2.24, 2.45) is 0 Å². The zero-order valence-corrected chi connectivity index (χ0v) is 8.20. The number of carbonyl (C=O) groups is 1. The third-order valence-corrected chi connectivity index (χ3v) is 2.58. The Morgan fingerprint density at radius 1 is 1.50 bits per heavy atom. The van der Waals surface area contributed by atoms with Crippen molar-refractivity contribution in [2.75, 3.05) is 7.05 Å². The standard InChI is InChI=1S/C9H13NOS/c1-7(11)5-8-3-4-9(12-8)6-10-2/h3-4,10H,5-6H2,1-2H3. The molecule has 0 aromatic carbocycles. The van der Waals surface area contributed by atoms with E-state index in [-0.39, 0.29) is 5.78 Å². The number of hydrogen-bond donors (Lipinski definition) is 1. The van der Waals surface area contributed by atoms with Crippen LogP contribution in [0.2, 0.25) is 0 Å². The third kappa shape index (κ3) is 2.75. The first-order valence-corrected chi connectivity index (χ1v) is 4.75. The SMILES string of the molecule is CNCc1ccc(CC(C)=O)s1. The number of carbonyl (C=O) groups excluding carboxylic acids is 1. The van der Waals surface area contributed by atoms with Crippen LogP contribution in [0.4, 0.5) is 0 Å². The molecular weight excluding hydrogens is 170 g/mol. The number of rotatable bonds is 4. The molecule has 0 amide bonds. The number of nitrogens with one attached hydrogen (secondary N) is 1. The Labute approximate surface area is 76.6 Å². The Kier molecular flexibility index (Phi) is 3.44. The van der Waals surface area contributed by atoms with Crippen molar-refractivity contribution in [2.45, 2.75) is 19.9 Å². The second kappa shape index (κ2) is 4.38. The van der Waals surface area contributed by atoms with Crippen LogP contribution in [0.1, 0.15) is 16.7 Å². The number of ketones is 1. The van der Waals surface area contributed by atoms with Crippen LogP contribution in [0.25, 0.3) is 0 Å². The molecule has 0 radical (unpaired) electrons. The lowest BCUT2D eigenvalue weighted by atomic mass is 10.3. The summed E-state index contributed by atoms with van der Waals surface area (Å²) in [5.41, 5.74) is 0. The molecule has 0 bridgehead atoms. The van der Waals surface area contributed by atoms with E-state index in [1.807, 2.05) is 13.1 Å². The van der Waals surface area contributed by atoms with Gasteiger partial charge in [0.2, 0.25) is 0 Å². The highest BCUT2D eigenvalue weighted by atomic mass is 32.1. The monoisotopic (exact) mass is 183 g/mol. The fraction of sp³-hybridized carbons (Fsp3) is 0.444. The van der Waals surface area contributed by atoms with Gasteiger partial charge in [0.05, 0.1) is 0 Å². The molecule has 12 heavy (non-hydrogen) atoms. The van der Waals surface area contributed by atoms with Crippen molar-refractivity contribution in [1.82, 2.24) is 5.32 Å².